The van der Waals surface area contributed by atoms with E-state index in [2.05, 4.69) is 10.6 Å². The third-order valence-corrected chi connectivity index (χ3v) is 3.84. The Hall–Kier alpha value is -2.70. The predicted molar refractivity (Wildman–Crippen MR) is 97.5 cm³/mol. The number of nitrogens with one attached hydrogen (secondary N) is 2. The smallest absolute Gasteiger partial charge is 0.422 e. The SMILES string of the molecule is CCCC(NC(=O)NCc1cccc(OCC(F)(F)F)c1)c1ccccc1. The average molecular weight is 380 g/mol. The fourth-order valence-electron chi connectivity index (χ4n) is 2.60. The third-order valence-electron chi connectivity index (χ3n) is 3.84. The molecule has 2 aromatic rings. The van der Waals surface area contributed by atoms with Crippen molar-refractivity contribution >= 4 is 6.03 Å². The number of hydrogen-bond donors (Lipinski definition) is 2. The van der Waals surface area contributed by atoms with E-state index in [4.69, 9.17) is 4.74 Å². The third kappa shape index (κ3) is 7.60. The van der Waals surface area contributed by atoms with Gasteiger partial charge in [0.15, 0.2) is 6.61 Å². The van der Waals surface area contributed by atoms with E-state index < -0.39 is 12.8 Å². The molecule has 2 aromatic carbocycles. The Morgan fingerprint density at radius 2 is 1.85 bits per heavy atom. The zero-order valence-electron chi connectivity index (χ0n) is 15.1. The fourth-order valence-corrected chi connectivity index (χ4v) is 2.60. The van der Waals surface area contributed by atoms with Crippen molar-refractivity contribution in [2.75, 3.05) is 6.61 Å². The fraction of sp³-hybridized carbons (Fsp3) is 0.350. The van der Waals surface area contributed by atoms with Crippen LogP contribution in [0.25, 0.3) is 0 Å². The first-order chi connectivity index (χ1) is 12.9. The van der Waals surface area contributed by atoms with Crippen molar-refractivity contribution < 1.29 is 22.7 Å². The lowest BCUT2D eigenvalue weighted by molar-refractivity contribution is -0.153. The Morgan fingerprint density at radius 3 is 2.52 bits per heavy atom. The summed E-state index contributed by atoms with van der Waals surface area (Å²) in [7, 11) is 0. The van der Waals surface area contributed by atoms with Gasteiger partial charge in [-0.15, -0.1) is 0 Å². The quantitative estimate of drug-likeness (QED) is 0.679. The summed E-state index contributed by atoms with van der Waals surface area (Å²) >= 11 is 0. The van der Waals surface area contributed by atoms with E-state index in [1.54, 1.807) is 12.1 Å². The van der Waals surface area contributed by atoms with Crippen LogP contribution in [0.1, 0.15) is 36.9 Å². The Kier molecular flexibility index (Phi) is 7.52. The lowest BCUT2D eigenvalue weighted by Gasteiger charge is -2.19. The molecule has 2 N–H and O–H groups in total. The van der Waals surface area contributed by atoms with Gasteiger partial charge in [-0.05, 0) is 29.7 Å². The van der Waals surface area contributed by atoms with Crippen molar-refractivity contribution in [1.29, 1.82) is 0 Å². The zero-order chi connectivity index (χ0) is 19.7. The first-order valence-corrected chi connectivity index (χ1v) is 8.75. The number of amides is 2. The summed E-state index contributed by atoms with van der Waals surface area (Å²) in [5.41, 5.74) is 1.67. The largest absolute Gasteiger partial charge is 0.484 e. The maximum Gasteiger partial charge on any atom is 0.422 e. The molecule has 0 saturated carbocycles. The van der Waals surface area contributed by atoms with Gasteiger partial charge >= 0.3 is 12.2 Å². The molecule has 0 aliphatic heterocycles. The molecule has 1 atom stereocenters. The summed E-state index contributed by atoms with van der Waals surface area (Å²) in [4.78, 5) is 12.2. The molecule has 0 bridgehead atoms. The molecule has 0 aliphatic rings. The van der Waals surface area contributed by atoms with Crippen molar-refractivity contribution in [3.8, 4) is 5.75 Å². The molecule has 0 fully saturated rings. The summed E-state index contributed by atoms with van der Waals surface area (Å²) < 4.78 is 41.4. The van der Waals surface area contributed by atoms with Gasteiger partial charge in [0.25, 0.3) is 0 Å². The minimum absolute atomic E-state index is 0.0994. The lowest BCUT2D eigenvalue weighted by atomic mass is 10.0. The van der Waals surface area contributed by atoms with Crippen LogP contribution >= 0.6 is 0 Å². The highest BCUT2D eigenvalue weighted by Gasteiger charge is 2.28. The molecule has 2 rings (SSSR count). The molecule has 0 radical (unpaired) electrons. The van der Waals surface area contributed by atoms with E-state index in [0.29, 0.717) is 5.56 Å². The van der Waals surface area contributed by atoms with Crippen LogP contribution in [0.4, 0.5) is 18.0 Å². The van der Waals surface area contributed by atoms with Crippen LogP contribution in [-0.4, -0.2) is 18.8 Å². The second kappa shape index (κ2) is 9.85. The standard InChI is InChI=1S/C20H23F3N2O2/c1-2-7-18(16-9-4-3-5-10-16)25-19(26)24-13-15-8-6-11-17(12-15)27-14-20(21,22)23/h3-6,8-12,18H,2,7,13-14H2,1H3,(H2,24,25,26). The summed E-state index contributed by atoms with van der Waals surface area (Å²) in [6.07, 6.45) is -2.67. The first kappa shape index (κ1) is 20.6. The van der Waals surface area contributed by atoms with Gasteiger partial charge in [-0.2, -0.15) is 13.2 Å². The molecule has 0 heterocycles. The predicted octanol–water partition coefficient (Wildman–Crippen LogP) is 4.97. The second-order valence-corrected chi connectivity index (χ2v) is 6.13. The van der Waals surface area contributed by atoms with Crippen LogP contribution in [0.15, 0.2) is 54.6 Å². The highest BCUT2D eigenvalue weighted by molar-refractivity contribution is 5.74. The number of urea groups is 1. The molecule has 1 unspecified atom stereocenters. The van der Waals surface area contributed by atoms with Crippen molar-refractivity contribution in [3.05, 3.63) is 65.7 Å². The van der Waals surface area contributed by atoms with Crippen molar-refractivity contribution in [2.24, 2.45) is 0 Å². The summed E-state index contributed by atoms with van der Waals surface area (Å²) in [6.45, 7) is 0.880. The van der Waals surface area contributed by atoms with Crippen molar-refractivity contribution in [2.45, 2.75) is 38.5 Å². The van der Waals surface area contributed by atoms with E-state index in [0.717, 1.165) is 18.4 Å². The number of alkyl halides is 3. The molecule has 27 heavy (non-hydrogen) atoms. The van der Waals surface area contributed by atoms with Crippen LogP contribution in [0, 0.1) is 0 Å². The second-order valence-electron chi connectivity index (χ2n) is 6.13. The first-order valence-electron chi connectivity index (χ1n) is 8.75. The maximum atomic E-state index is 12.2. The normalized spacial score (nSPS) is 12.3. The van der Waals surface area contributed by atoms with Gasteiger partial charge in [0, 0.05) is 6.54 Å². The maximum absolute atomic E-state index is 12.2. The van der Waals surface area contributed by atoms with Crippen LogP contribution in [0.2, 0.25) is 0 Å². The Balaban J connectivity index is 1.89. The number of rotatable bonds is 8. The van der Waals surface area contributed by atoms with Crippen LogP contribution in [-0.2, 0) is 6.54 Å². The number of halogens is 3. The van der Waals surface area contributed by atoms with Gasteiger partial charge in [0.1, 0.15) is 5.75 Å². The number of carbonyl (C=O) groups excluding carboxylic acids is 1. The van der Waals surface area contributed by atoms with E-state index in [1.807, 2.05) is 37.3 Å². The zero-order valence-corrected chi connectivity index (χ0v) is 15.1. The van der Waals surface area contributed by atoms with Crippen LogP contribution < -0.4 is 15.4 Å². The van der Waals surface area contributed by atoms with Gasteiger partial charge in [0.2, 0.25) is 0 Å². The molecule has 4 nitrogen and oxygen atoms in total. The van der Waals surface area contributed by atoms with Gasteiger partial charge in [-0.1, -0.05) is 55.8 Å². The topological polar surface area (TPSA) is 50.4 Å². The van der Waals surface area contributed by atoms with E-state index in [9.17, 15) is 18.0 Å². The van der Waals surface area contributed by atoms with Crippen LogP contribution in [0.3, 0.4) is 0 Å². The van der Waals surface area contributed by atoms with E-state index in [-0.39, 0.29) is 24.4 Å². The molecular formula is C20H23F3N2O2. The van der Waals surface area contributed by atoms with Crippen molar-refractivity contribution in [1.82, 2.24) is 10.6 Å². The Morgan fingerprint density at radius 1 is 1.11 bits per heavy atom. The van der Waals surface area contributed by atoms with Gasteiger partial charge in [-0.25, -0.2) is 4.79 Å². The Bertz CT molecular complexity index is 721. The highest BCUT2D eigenvalue weighted by Crippen LogP contribution is 2.20. The number of benzene rings is 2. The molecule has 2 amide bonds. The van der Waals surface area contributed by atoms with Crippen LogP contribution in [0.5, 0.6) is 5.75 Å². The number of hydrogen-bond acceptors (Lipinski definition) is 2. The summed E-state index contributed by atoms with van der Waals surface area (Å²) in [5.74, 6) is 0.111. The van der Waals surface area contributed by atoms with E-state index in [1.165, 1.54) is 12.1 Å². The lowest BCUT2D eigenvalue weighted by Crippen LogP contribution is -2.37. The van der Waals surface area contributed by atoms with Gasteiger partial charge in [-0.3, -0.25) is 0 Å². The molecular weight excluding hydrogens is 357 g/mol. The molecule has 146 valence electrons. The van der Waals surface area contributed by atoms with Gasteiger partial charge in [0.05, 0.1) is 6.04 Å². The molecule has 0 aliphatic carbocycles. The highest BCUT2D eigenvalue weighted by atomic mass is 19.4. The minimum Gasteiger partial charge on any atom is -0.484 e. The molecule has 0 aromatic heterocycles. The van der Waals surface area contributed by atoms with Gasteiger partial charge < -0.3 is 15.4 Å². The van der Waals surface area contributed by atoms with Crippen molar-refractivity contribution in [3.63, 3.8) is 0 Å². The number of ether oxygens (including phenoxy) is 1. The summed E-state index contributed by atoms with van der Waals surface area (Å²) in [6, 6.07) is 15.5. The molecule has 0 saturated heterocycles. The molecule has 0 spiro atoms. The monoisotopic (exact) mass is 380 g/mol. The summed E-state index contributed by atoms with van der Waals surface area (Å²) in [5, 5.41) is 5.66. The Labute approximate surface area is 156 Å². The average Bonchev–Trinajstić information content (AvgIpc) is 2.65. The molecule has 7 heteroatoms. The number of carbonyl (C=O) groups is 1. The van der Waals surface area contributed by atoms with E-state index >= 15 is 0 Å². The minimum atomic E-state index is -4.39.